The summed E-state index contributed by atoms with van der Waals surface area (Å²) in [6.07, 6.45) is 1.75. The molecule has 0 radical (unpaired) electrons. The summed E-state index contributed by atoms with van der Waals surface area (Å²) in [5, 5.41) is 9.60. The summed E-state index contributed by atoms with van der Waals surface area (Å²) in [7, 11) is 3.11. The molecule has 1 aliphatic heterocycles. The van der Waals surface area contributed by atoms with E-state index in [0.29, 0.717) is 28.5 Å². The summed E-state index contributed by atoms with van der Waals surface area (Å²) in [5.74, 6) is 0.366. The van der Waals surface area contributed by atoms with Crippen LogP contribution >= 0.6 is 23.2 Å². The molecule has 168 valence electrons. The van der Waals surface area contributed by atoms with Crippen molar-refractivity contribution in [3.63, 3.8) is 0 Å². The molecular formula is C24H18Cl2FN3O3. The monoisotopic (exact) mass is 485 g/mol. The van der Waals surface area contributed by atoms with Crippen LogP contribution < -0.4 is 9.47 Å². The molecule has 0 atom stereocenters. The number of benzene rings is 2. The molecule has 1 aliphatic rings. The molecule has 6 nitrogen and oxygen atoms in total. The second kappa shape index (κ2) is 9.18. The van der Waals surface area contributed by atoms with Gasteiger partial charge in [0.15, 0.2) is 0 Å². The predicted molar refractivity (Wildman–Crippen MR) is 124 cm³/mol. The number of carbonyl (C=O) groups excluding carboxylic acids is 1. The van der Waals surface area contributed by atoms with E-state index in [9.17, 15) is 9.18 Å². The van der Waals surface area contributed by atoms with Gasteiger partial charge in [-0.05, 0) is 42.0 Å². The van der Waals surface area contributed by atoms with Crippen molar-refractivity contribution in [3.05, 3.63) is 80.8 Å². The zero-order valence-corrected chi connectivity index (χ0v) is 19.2. The number of ether oxygens (including phenoxy) is 2. The Bertz CT molecular complexity index is 1330. The summed E-state index contributed by atoms with van der Waals surface area (Å²) in [4.78, 5) is 14.9. The highest BCUT2D eigenvalue weighted by Crippen LogP contribution is 2.36. The SMILES string of the molecule is COc1ccc(CN2C/C(=C/c3ccc(F)c(C#N)c3)n3c(cc(Cl)c3Cl)C2=O)c(OC)c1. The Labute approximate surface area is 200 Å². The molecule has 0 saturated heterocycles. The lowest BCUT2D eigenvalue weighted by Crippen LogP contribution is -2.38. The van der Waals surface area contributed by atoms with Crippen molar-refractivity contribution in [2.24, 2.45) is 0 Å². The lowest BCUT2D eigenvalue weighted by atomic mass is 10.1. The Kier molecular flexibility index (Phi) is 6.32. The fraction of sp³-hybridized carbons (Fsp3) is 0.167. The van der Waals surface area contributed by atoms with Gasteiger partial charge < -0.3 is 14.4 Å². The number of aromatic nitrogens is 1. The number of halogens is 3. The van der Waals surface area contributed by atoms with Crippen LogP contribution in [0.4, 0.5) is 4.39 Å². The summed E-state index contributed by atoms with van der Waals surface area (Å²) >= 11 is 12.6. The van der Waals surface area contributed by atoms with Gasteiger partial charge in [-0.1, -0.05) is 29.3 Å². The quantitative estimate of drug-likeness (QED) is 0.479. The van der Waals surface area contributed by atoms with Gasteiger partial charge in [-0.25, -0.2) is 4.39 Å². The smallest absolute Gasteiger partial charge is 0.271 e. The van der Waals surface area contributed by atoms with Crippen LogP contribution in [-0.2, 0) is 6.54 Å². The highest BCUT2D eigenvalue weighted by Gasteiger charge is 2.31. The van der Waals surface area contributed by atoms with E-state index < -0.39 is 5.82 Å². The first-order valence-electron chi connectivity index (χ1n) is 9.83. The maximum absolute atomic E-state index is 13.8. The molecule has 0 fully saturated rings. The maximum Gasteiger partial charge on any atom is 0.271 e. The van der Waals surface area contributed by atoms with Crippen LogP contribution in [-0.4, -0.2) is 36.1 Å². The van der Waals surface area contributed by atoms with E-state index in [1.54, 1.807) is 48.0 Å². The molecule has 1 amide bonds. The zero-order chi connectivity index (χ0) is 23.7. The number of methoxy groups -OCH3 is 2. The Morgan fingerprint density at radius 1 is 1.15 bits per heavy atom. The minimum absolute atomic E-state index is 0.0760. The highest BCUT2D eigenvalue weighted by molar-refractivity contribution is 6.42. The summed E-state index contributed by atoms with van der Waals surface area (Å²) in [6, 6.07) is 12.9. The number of carbonyl (C=O) groups is 1. The van der Waals surface area contributed by atoms with Gasteiger partial charge in [-0.15, -0.1) is 0 Å². The number of rotatable bonds is 5. The lowest BCUT2D eigenvalue weighted by molar-refractivity contribution is 0.0740. The molecule has 0 N–H and O–H groups in total. The Morgan fingerprint density at radius 3 is 2.64 bits per heavy atom. The van der Waals surface area contributed by atoms with E-state index >= 15 is 0 Å². The van der Waals surface area contributed by atoms with Gasteiger partial charge in [0.25, 0.3) is 5.91 Å². The topological polar surface area (TPSA) is 67.5 Å². The highest BCUT2D eigenvalue weighted by atomic mass is 35.5. The second-order valence-corrected chi connectivity index (χ2v) is 8.09. The summed E-state index contributed by atoms with van der Waals surface area (Å²) in [5.41, 5.74) is 2.25. The van der Waals surface area contributed by atoms with Gasteiger partial charge in [0.1, 0.15) is 34.2 Å². The molecule has 2 aromatic carbocycles. The molecule has 1 aromatic heterocycles. The number of amides is 1. The third kappa shape index (κ3) is 4.28. The molecule has 0 bridgehead atoms. The Morgan fingerprint density at radius 2 is 1.94 bits per heavy atom. The van der Waals surface area contributed by atoms with Crippen LogP contribution in [0.15, 0.2) is 42.5 Å². The summed E-state index contributed by atoms with van der Waals surface area (Å²) < 4.78 is 26.1. The number of nitrogens with zero attached hydrogens (tertiary/aromatic N) is 3. The van der Waals surface area contributed by atoms with E-state index in [2.05, 4.69) is 0 Å². The van der Waals surface area contributed by atoms with Crippen molar-refractivity contribution >= 4 is 40.9 Å². The van der Waals surface area contributed by atoms with Crippen molar-refractivity contribution in [2.45, 2.75) is 6.54 Å². The standard InChI is InChI=1S/C24H18Cl2FN3O3/c1-32-18-5-4-15(22(9-18)33-2)12-29-13-17(8-14-3-6-20(27)16(7-14)11-28)30-21(24(29)31)10-19(25)23(30)26/h3-10H,12-13H2,1-2H3/b17-8-. The van der Waals surface area contributed by atoms with Crippen molar-refractivity contribution in [1.82, 2.24) is 9.47 Å². The lowest BCUT2D eigenvalue weighted by Gasteiger charge is -2.31. The fourth-order valence-corrected chi connectivity index (χ4v) is 4.17. The van der Waals surface area contributed by atoms with Crippen LogP contribution in [0.1, 0.15) is 27.2 Å². The minimum atomic E-state index is -0.602. The van der Waals surface area contributed by atoms with Crippen LogP contribution in [0.3, 0.4) is 0 Å². The zero-order valence-electron chi connectivity index (χ0n) is 17.7. The molecule has 3 aromatic rings. The van der Waals surface area contributed by atoms with Crippen LogP contribution in [0.25, 0.3) is 11.8 Å². The van der Waals surface area contributed by atoms with Gasteiger partial charge in [-0.3, -0.25) is 9.36 Å². The van der Waals surface area contributed by atoms with Crippen molar-refractivity contribution < 1.29 is 18.7 Å². The molecule has 0 saturated carbocycles. The predicted octanol–water partition coefficient (Wildman–Crippen LogP) is 5.48. The second-order valence-electron chi connectivity index (χ2n) is 7.33. The third-order valence-corrected chi connectivity index (χ3v) is 6.10. The Hall–Kier alpha value is -3.47. The average Bonchev–Trinajstić information content (AvgIpc) is 3.13. The van der Waals surface area contributed by atoms with Crippen LogP contribution in [0.5, 0.6) is 11.5 Å². The van der Waals surface area contributed by atoms with E-state index in [1.807, 2.05) is 12.1 Å². The van der Waals surface area contributed by atoms with Gasteiger partial charge in [0, 0.05) is 17.3 Å². The normalized spacial score (nSPS) is 14.2. The van der Waals surface area contributed by atoms with Gasteiger partial charge in [0.05, 0.1) is 37.9 Å². The molecule has 2 heterocycles. The molecule has 4 rings (SSSR count). The van der Waals surface area contributed by atoms with Gasteiger partial charge >= 0.3 is 0 Å². The van der Waals surface area contributed by atoms with E-state index in [0.717, 1.165) is 5.56 Å². The van der Waals surface area contributed by atoms with Crippen LogP contribution in [0.2, 0.25) is 10.2 Å². The first kappa shape index (κ1) is 22.7. The molecule has 0 unspecified atom stereocenters. The number of nitriles is 1. The molecule has 9 heteroatoms. The van der Waals surface area contributed by atoms with Gasteiger partial charge in [-0.2, -0.15) is 5.26 Å². The van der Waals surface area contributed by atoms with Crippen molar-refractivity contribution in [1.29, 1.82) is 5.26 Å². The average molecular weight is 486 g/mol. The fourth-order valence-electron chi connectivity index (χ4n) is 3.73. The van der Waals surface area contributed by atoms with Crippen molar-refractivity contribution in [3.8, 4) is 17.6 Å². The van der Waals surface area contributed by atoms with Crippen LogP contribution in [0, 0.1) is 17.1 Å². The van der Waals surface area contributed by atoms with Crippen molar-refractivity contribution in [2.75, 3.05) is 20.8 Å². The summed E-state index contributed by atoms with van der Waals surface area (Å²) in [6.45, 7) is 0.460. The van der Waals surface area contributed by atoms with Gasteiger partial charge in [0.2, 0.25) is 0 Å². The van der Waals surface area contributed by atoms with E-state index in [1.165, 1.54) is 18.2 Å². The molecule has 0 spiro atoms. The van der Waals surface area contributed by atoms with E-state index in [-0.39, 0.29) is 34.7 Å². The third-order valence-electron chi connectivity index (χ3n) is 5.34. The molecular weight excluding hydrogens is 468 g/mol. The number of fused-ring (bicyclic) bond motifs is 1. The number of hydrogen-bond acceptors (Lipinski definition) is 4. The molecule has 0 aliphatic carbocycles. The van der Waals surface area contributed by atoms with E-state index in [4.69, 9.17) is 37.9 Å². The Balaban J connectivity index is 1.77. The first-order valence-corrected chi connectivity index (χ1v) is 10.6. The maximum atomic E-state index is 13.8. The number of hydrogen-bond donors (Lipinski definition) is 0. The molecule has 33 heavy (non-hydrogen) atoms. The largest absolute Gasteiger partial charge is 0.497 e. The minimum Gasteiger partial charge on any atom is -0.497 e. The first-order chi connectivity index (χ1) is 15.9.